The van der Waals surface area contributed by atoms with E-state index in [1.165, 1.54) is 53.8 Å². The minimum absolute atomic E-state index is 0.0680. The second-order valence-electron chi connectivity index (χ2n) is 6.74. The third-order valence-corrected chi connectivity index (χ3v) is 4.86. The van der Waals surface area contributed by atoms with Gasteiger partial charge in [-0.25, -0.2) is 0 Å². The maximum atomic E-state index is 4.39. The summed E-state index contributed by atoms with van der Waals surface area (Å²) in [5, 5.41) is 0. The zero-order valence-corrected chi connectivity index (χ0v) is 13.8. The second-order valence-corrected chi connectivity index (χ2v) is 6.74. The molecule has 0 fully saturated rings. The van der Waals surface area contributed by atoms with Crippen LogP contribution in [-0.2, 0) is 5.41 Å². The van der Waals surface area contributed by atoms with E-state index in [0.717, 1.165) is 6.54 Å². The molecule has 1 heterocycles. The Morgan fingerprint density at radius 2 is 1.70 bits per heavy atom. The first-order valence-corrected chi connectivity index (χ1v) is 7.98. The van der Waals surface area contributed by atoms with E-state index in [2.05, 4.69) is 58.2 Å². The molecule has 0 radical (unpaired) electrons. The first-order valence-electron chi connectivity index (χ1n) is 7.98. The number of aryl methyl sites for hydroxylation is 2. The van der Waals surface area contributed by atoms with Gasteiger partial charge in [0.05, 0.1) is 0 Å². The van der Waals surface area contributed by atoms with Gasteiger partial charge in [0.25, 0.3) is 0 Å². The number of hydrogen-bond acceptors (Lipinski definition) is 1. The van der Waals surface area contributed by atoms with E-state index in [0.29, 0.717) is 0 Å². The third kappa shape index (κ3) is 2.51. The molecule has 0 N–H and O–H groups in total. The van der Waals surface area contributed by atoms with Crippen molar-refractivity contribution in [1.29, 1.82) is 0 Å². The minimum Gasteiger partial charge on any atom is -0.345 e. The molecule has 0 saturated carbocycles. The number of nitrogens with zero attached hydrogens (tertiary/aromatic N) is 1. The van der Waals surface area contributed by atoms with Gasteiger partial charge in [0.15, 0.2) is 0 Å². The number of allylic oxidation sites excluding steroid dienone is 1. The Kier molecular flexibility index (Phi) is 4.27. The molecule has 1 aromatic rings. The van der Waals surface area contributed by atoms with Gasteiger partial charge >= 0.3 is 0 Å². The predicted molar refractivity (Wildman–Crippen MR) is 89.6 cm³/mol. The maximum Gasteiger partial charge on any atom is 0.0453 e. The summed E-state index contributed by atoms with van der Waals surface area (Å²) in [7, 11) is 0. The van der Waals surface area contributed by atoms with E-state index in [9.17, 15) is 0 Å². The van der Waals surface area contributed by atoms with Crippen LogP contribution in [0.25, 0.3) is 0 Å². The fourth-order valence-electron chi connectivity index (χ4n) is 3.12. The van der Waals surface area contributed by atoms with Crippen molar-refractivity contribution in [2.75, 3.05) is 11.4 Å². The summed E-state index contributed by atoms with van der Waals surface area (Å²) in [4.78, 5) is 2.46. The monoisotopic (exact) mass is 271 g/mol. The Labute approximate surface area is 124 Å². The van der Waals surface area contributed by atoms with Crippen LogP contribution in [0, 0.1) is 13.8 Å². The lowest BCUT2D eigenvalue weighted by molar-refractivity contribution is 0.614. The van der Waals surface area contributed by atoms with Gasteiger partial charge in [-0.3, -0.25) is 0 Å². The topological polar surface area (TPSA) is 3.24 Å². The van der Waals surface area contributed by atoms with E-state index in [-0.39, 0.29) is 5.41 Å². The largest absolute Gasteiger partial charge is 0.345 e. The van der Waals surface area contributed by atoms with Crippen LogP contribution in [0.5, 0.6) is 0 Å². The van der Waals surface area contributed by atoms with E-state index < -0.39 is 0 Å². The highest BCUT2D eigenvalue weighted by Crippen LogP contribution is 2.47. The van der Waals surface area contributed by atoms with E-state index in [1.807, 2.05) is 0 Å². The van der Waals surface area contributed by atoms with Gasteiger partial charge in [-0.2, -0.15) is 0 Å². The molecule has 1 heteroatoms. The number of fused-ring (bicyclic) bond motifs is 1. The van der Waals surface area contributed by atoms with Gasteiger partial charge in [-0.1, -0.05) is 52.7 Å². The van der Waals surface area contributed by atoms with Gasteiger partial charge in [0.2, 0.25) is 0 Å². The summed E-state index contributed by atoms with van der Waals surface area (Å²) in [5.41, 5.74) is 6.93. The smallest absolute Gasteiger partial charge is 0.0453 e. The standard InChI is InChI=1S/C19H29N/c1-7-8-9-10-11-20-16(4)19(5,6)17-12-14(2)15(3)13-18(17)20/h12-13H,4,7-11H2,1-3,5-6H3. The zero-order valence-electron chi connectivity index (χ0n) is 13.8. The van der Waals surface area contributed by atoms with Crippen LogP contribution in [0.1, 0.15) is 63.1 Å². The molecular weight excluding hydrogens is 242 g/mol. The molecule has 20 heavy (non-hydrogen) atoms. The van der Waals surface area contributed by atoms with Crippen LogP contribution in [0.3, 0.4) is 0 Å². The van der Waals surface area contributed by atoms with Crippen molar-refractivity contribution in [2.24, 2.45) is 0 Å². The lowest BCUT2D eigenvalue weighted by atomic mass is 9.83. The van der Waals surface area contributed by atoms with Crippen LogP contribution in [0.4, 0.5) is 5.69 Å². The summed E-state index contributed by atoms with van der Waals surface area (Å²) >= 11 is 0. The maximum absolute atomic E-state index is 4.39. The Hall–Kier alpha value is -1.24. The number of rotatable bonds is 5. The molecule has 0 spiro atoms. The van der Waals surface area contributed by atoms with Crippen molar-refractivity contribution in [3.63, 3.8) is 0 Å². The van der Waals surface area contributed by atoms with Gasteiger partial charge in [-0.15, -0.1) is 0 Å². The summed E-state index contributed by atoms with van der Waals surface area (Å²) in [6, 6.07) is 4.71. The molecule has 1 aliphatic rings. The quantitative estimate of drug-likeness (QED) is 0.640. The molecule has 1 aliphatic heterocycles. The van der Waals surface area contributed by atoms with E-state index in [4.69, 9.17) is 0 Å². The van der Waals surface area contributed by atoms with Crippen LogP contribution < -0.4 is 4.90 Å². The molecule has 0 amide bonds. The molecule has 0 unspecified atom stereocenters. The number of unbranched alkanes of at least 4 members (excludes halogenated alkanes) is 3. The minimum atomic E-state index is 0.0680. The third-order valence-electron chi connectivity index (χ3n) is 4.86. The lowest BCUT2D eigenvalue weighted by Crippen LogP contribution is -2.26. The molecule has 0 atom stereocenters. The number of anilines is 1. The number of benzene rings is 1. The first-order chi connectivity index (χ1) is 9.39. The van der Waals surface area contributed by atoms with Crippen molar-refractivity contribution in [1.82, 2.24) is 0 Å². The molecule has 110 valence electrons. The van der Waals surface area contributed by atoms with Gasteiger partial charge < -0.3 is 4.90 Å². The molecule has 0 saturated heterocycles. The van der Waals surface area contributed by atoms with Crippen molar-refractivity contribution < 1.29 is 0 Å². The summed E-state index contributed by atoms with van der Waals surface area (Å²) in [6.07, 6.45) is 5.21. The SMILES string of the molecule is C=C1N(CCCCCC)c2cc(C)c(C)cc2C1(C)C. The average Bonchev–Trinajstić information content (AvgIpc) is 2.57. The van der Waals surface area contributed by atoms with E-state index in [1.54, 1.807) is 0 Å². The molecule has 0 aromatic heterocycles. The highest BCUT2D eigenvalue weighted by atomic mass is 15.2. The van der Waals surface area contributed by atoms with Crippen molar-refractivity contribution in [2.45, 2.75) is 65.7 Å². The Morgan fingerprint density at radius 3 is 2.35 bits per heavy atom. The van der Waals surface area contributed by atoms with Crippen molar-refractivity contribution >= 4 is 5.69 Å². The van der Waals surface area contributed by atoms with Gasteiger partial charge in [0, 0.05) is 23.3 Å². The lowest BCUT2D eigenvalue weighted by Gasteiger charge is -2.25. The molecule has 0 aliphatic carbocycles. The normalized spacial score (nSPS) is 16.6. The molecule has 1 nitrogen and oxygen atoms in total. The van der Waals surface area contributed by atoms with E-state index >= 15 is 0 Å². The highest BCUT2D eigenvalue weighted by molar-refractivity contribution is 5.71. The Morgan fingerprint density at radius 1 is 1.05 bits per heavy atom. The Balaban J connectivity index is 2.28. The average molecular weight is 271 g/mol. The molecule has 1 aromatic carbocycles. The Bertz CT molecular complexity index is 511. The van der Waals surface area contributed by atoms with Crippen molar-refractivity contribution in [3.05, 3.63) is 41.1 Å². The van der Waals surface area contributed by atoms with Crippen LogP contribution in [0.15, 0.2) is 24.4 Å². The summed E-state index contributed by atoms with van der Waals surface area (Å²) in [6.45, 7) is 16.8. The van der Waals surface area contributed by atoms with Crippen LogP contribution in [0.2, 0.25) is 0 Å². The molecule has 0 bridgehead atoms. The molecule has 2 rings (SSSR count). The fraction of sp³-hybridized carbons (Fsp3) is 0.579. The highest BCUT2D eigenvalue weighted by Gasteiger charge is 2.38. The molecular formula is C19H29N. The van der Waals surface area contributed by atoms with Crippen LogP contribution in [-0.4, -0.2) is 6.54 Å². The van der Waals surface area contributed by atoms with Crippen LogP contribution >= 0.6 is 0 Å². The number of hydrogen-bond donors (Lipinski definition) is 0. The predicted octanol–water partition coefficient (Wildman–Crippen LogP) is 5.50. The van der Waals surface area contributed by atoms with Crippen molar-refractivity contribution in [3.8, 4) is 0 Å². The first kappa shape index (κ1) is 15.2. The fourth-order valence-corrected chi connectivity index (χ4v) is 3.12. The zero-order chi connectivity index (χ0) is 14.9. The summed E-state index contributed by atoms with van der Waals surface area (Å²) in [5.74, 6) is 0. The van der Waals surface area contributed by atoms with Gasteiger partial charge in [-0.05, 0) is 43.0 Å². The second kappa shape index (κ2) is 5.63. The summed E-state index contributed by atoms with van der Waals surface area (Å²) < 4.78 is 0. The van der Waals surface area contributed by atoms with Gasteiger partial charge in [0.1, 0.15) is 0 Å².